The van der Waals surface area contributed by atoms with Gasteiger partial charge in [0.1, 0.15) is 0 Å². The van der Waals surface area contributed by atoms with Gasteiger partial charge in [-0.1, -0.05) is 35.8 Å². The van der Waals surface area contributed by atoms with Crippen LogP contribution in [0.1, 0.15) is 59.8 Å². The van der Waals surface area contributed by atoms with Crippen LogP contribution in [0.3, 0.4) is 0 Å². The molecule has 2 heteroatoms. The first-order valence-corrected chi connectivity index (χ1v) is 7.06. The summed E-state index contributed by atoms with van der Waals surface area (Å²) in [4.78, 5) is 11.0. The highest BCUT2D eigenvalue weighted by Gasteiger charge is 1.96. The van der Waals surface area contributed by atoms with Crippen molar-refractivity contribution in [3.63, 3.8) is 0 Å². The van der Waals surface area contributed by atoms with Gasteiger partial charge in [0.15, 0.2) is 0 Å². The van der Waals surface area contributed by atoms with Gasteiger partial charge in [0.05, 0.1) is 7.11 Å². The fourth-order valence-corrected chi connectivity index (χ4v) is 1.67. The maximum absolute atomic E-state index is 11.0. The Morgan fingerprint density at radius 1 is 0.947 bits per heavy atom. The van der Waals surface area contributed by atoms with E-state index >= 15 is 0 Å². The van der Waals surface area contributed by atoms with Crippen LogP contribution in [-0.4, -0.2) is 13.1 Å². The molecule has 0 saturated carbocycles. The van der Waals surface area contributed by atoms with Crippen LogP contribution >= 0.6 is 0 Å². The van der Waals surface area contributed by atoms with Gasteiger partial charge in [-0.25, -0.2) is 4.79 Å². The zero-order chi connectivity index (χ0) is 14.7. The minimum absolute atomic E-state index is 0.265. The van der Waals surface area contributed by atoms with Crippen molar-refractivity contribution in [2.24, 2.45) is 0 Å². The summed E-state index contributed by atoms with van der Waals surface area (Å²) >= 11 is 0. The molecule has 0 aromatic rings. The lowest BCUT2D eigenvalue weighted by atomic mass is 10.1. The average molecular weight is 264 g/mol. The van der Waals surface area contributed by atoms with Gasteiger partial charge in [-0.15, -0.1) is 0 Å². The number of rotatable bonds is 8. The highest BCUT2D eigenvalue weighted by Crippen LogP contribution is 2.12. The summed E-state index contributed by atoms with van der Waals surface area (Å²) in [5.74, 6) is -0.265. The molecule has 0 aromatic heterocycles. The number of ether oxygens (including phenoxy) is 1. The van der Waals surface area contributed by atoms with Gasteiger partial charge in [-0.2, -0.15) is 0 Å². The van der Waals surface area contributed by atoms with E-state index in [1.165, 1.54) is 18.3 Å². The van der Waals surface area contributed by atoms with Crippen LogP contribution < -0.4 is 0 Å². The number of carbonyl (C=O) groups is 1. The molecule has 0 amide bonds. The second-order valence-corrected chi connectivity index (χ2v) is 5.05. The Hall–Kier alpha value is -1.31. The molecule has 0 saturated heterocycles. The monoisotopic (exact) mass is 264 g/mol. The van der Waals surface area contributed by atoms with E-state index in [0.717, 1.165) is 37.7 Å². The minimum atomic E-state index is -0.265. The first-order valence-electron chi connectivity index (χ1n) is 7.06. The van der Waals surface area contributed by atoms with Gasteiger partial charge in [0.25, 0.3) is 0 Å². The van der Waals surface area contributed by atoms with Crippen LogP contribution in [-0.2, 0) is 9.53 Å². The number of hydrogen-bond acceptors (Lipinski definition) is 2. The molecule has 0 atom stereocenters. The van der Waals surface area contributed by atoms with Crippen LogP contribution in [0.25, 0.3) is 0 Å². The number of hydrogen-bond donors (Lipinski definition) is 0. The van der Waals surface area contributed by atoms with Crippen molar-refractivity contribution in [2.75, 3.05) is 7.11 Å². The van der Waals surface area contributed by atoms with Crippen LogP contribution in [0.4, 0.5) is 0 Å². The molecule has 0 aromatic carbocycles. The van der Waals surface area contributed by atoms with E-state index in [2.05, 4.69) is 37.7 Å². The van der Waals surface area contributed by atoms with Crippen LogP contribution in [0.2, 0.25) is 0 Å². The van der Waals surface area contributed by atoms with Crippen molar-refractivity contribution in [2.45, 2.75) is 59.8 Å². The first-order chi connectivity index (χ1) is 8.99. The van der Waals surface area contributed by atoms with Crippen LogP contribution in [0, 0.1) is 0 Å². The van der Waals surface area contributed by atoms with Gasteiger partial charge in [-0.3, -0.25) is 0 Å². The lowest BCUT2D eigenvalue weighted by Gasteiger charge is -2.01. The van der Waals surface area contributed by atoms with Crippen molar-refractivity contribution in [3.05, 3.63) is 34.9 Å². The molecule has 0 heterocycles. The second kappa shape index (κ2) is 10.6. The number of carbonyl (C=O) groups excluding carboxylic acids is 1. The summed E-state index contributed by atoms with van der Waals surface area (Å²) in [6, 6.07) is 0. The Kier molecular flexibility index (Phi) is 9.87. The lowest BCUT2D eigenvalue weighted by Crippen LogP contribution is -1.95. The number of methoxy groups -OCH3 is 1. The largest absolute Gasteiger partial charge is 0.466 e. The first kappa shape index (κ1) is 17.7. The highest BCUT2D eigenvalue weighted by atomic mass is 16.5. The molecule has 0 aliphatic carbocycles. The molecule has 0 aliphatic heterocycles. The fraction of sp³-hybridized carbons (Fsp3) is 0.588. The molecule has 19 heavy (non-hydrogen) atoms. The molecule has 108 valence electrons. The summed E-state index contributed by atoms with van der Waals surface area (Å²) < 4.78 is 4.60. The number of esters is 1. The molecule has 0 bridgehead atoms. The maximum Gasteiger partial charge on any atom is 0.330 e. The van der Waals surface area contributed by atoms with Crippen molar-refractivity contribution < 1.29 is 9.53 Å². The normalized spacial score (nSPS) is 13.6. The molecule has 0 fully saturated rings. The van der Waals surface area contributed by atoms with Gasteiger partial charge in [0.2, 0.25) is 0 Å². The van der Waals surface area contributed by atoms with E-state index in [4.69, 9.17) is 0 Å². The quantitative estimate of drug-likeness (QED) is 0.351. The van der Waals surface area contributed by atoms with Crippen molar-refractivity contribution in [1.82, 2.24) is 0 Å². The average Bonchev–Trinajstić information content (AvgIpc) is 2.38. The standard InChI is InChI=1S/C17H28O2/c1-6-14(2)9-7-10-15(3)11-8-12-16(4)13-17(18)19-5/h9,11,13H,6-8,10,12H2,1-5H3/b14-9+,15-11+,16-13+. The Morgan fingerprint density at radius 3 is 2.00 bits per heavy atom. The smallest absolute Gasteiger partial charge is 0.330 e. The van der Waals surface area contributed by atoms with E-state index in [1.54, 1.807) is 6.08 Å². The third kappa shape index (κ3) is 10.3. The zero-order valence-corrected chi connectivity index (χ0v) is 13.1. The van der Waals surface area contributed by atoms with Crippen LogP contribution in [0.15, 0.2) is 34.9 Å². The zero-order valence-electron chi connectivity index (χ0n) is 13.1. The summed E-state index contributed by atoms with van der Waals surface area (Å²) in [6.45, 7) is 8.51. The van der Waals surface area contributed by atoms with Crippen molar-refractivity contribution in [3.8, 4) is 0 Å². The van der Waals surface area contributed by atoms with Gasteiger partial charge >= 0.3 is 5.97 Å². The van der Waals surface area contributed by atoms with Gasteiger partial charge in [-0.05, 0) is 52.9 Å². The molecule has 2 nitrogen and oxygen atoms in total. The summed E-state index contributed by atoms with van der Waals surface area (Å²) in [6.07, 6.45) is 11.4. The van der Waals surface area contributed by atoms with Gasteiger partial charge in [0, 0.05) is 6.08 Å². The van der Waals surface area contributed by atoms with Crippen LogP contribution in [0.5, 0.6) is 0 Å². The minimum Gasteiger partial charge on any atom is -0.466 e. The van der Waals surface area contributed by atoms with Crippen molar-refractivity contribution in [1.29, 1.82) is 0 Å². The Bertz CT molecular complexity index is 359. The predicted octanol–water partition coefficient (Wildman–Crippen LogP) is 4.97. The topological polar surface area (TPSA) is 26.3 Å². The molecule has 0 aliphatic rings. The van der Waals surface area contributed by atoms with E-state index in [0.29, 0.717) is 0 Å². The van der Waals surface area contributed by atoms with Gasteiger partial charge < -0.3 is 4.74 Å². The second-order valence-electron chi connectivity index (χ2n) is 5.05. The Labute approximate surface area is 118 Å². The SMILES string of the molecule is CC/C(C)=C/CC/C(C)=C/CC/C(C)=C/C(=O)OC. The van der Waals surface area contributed by atoms with E-state index in [-0.39, 0.29) is 5.97 Å². The molecule has 0 N–H and O–H groups in total. The molecular formula is C17H28O2. The molecule has 0 radical (unpaired) electrons. The highest BCUT2D eigenvalue weighted by molar-refractivity contribution is 5.82. The summed E-state index contributed by atoms with van der Waals surface area (Å²) in [7, 11) is 1.40. The summed E-state index contributed by atoms with van der Waals surface area (Å²) in [5.41, 5.74) is 3.95. The molecule has 0 unspecified atom stereocenters. The molecule has 0 rings (SSSR count). The lowest BCUT2D eigenvalue weighted by molar-refractivity contribution is -0.134. The van der Waals surface area contributed by atoms with E-state index < -0.39 is 0 Å². The Morgan fingerprint density at radius 2 is 1.47 bits per heavy atom. The maximum atomic E-state index is 11.0. The molecular weight excluding hydrogens is 236 g/mol. The molecule has 0 spiro atoms. The third-order valence-corrected chi connectivity index (χ3v) is 3.19. The van der Waals surface area contributed by atoms with E-state index in [9.17, 15) is 4.79 Å². The predicted molar refractivity (Wildman–Crippen MR) is 82.0 cm³/mol. The van der Waals surface area contributed by atoms with E-state index in [1.807, 2.05) is 6.92 Å². The number of allylic oxidation sites excluding steroid dienone is 5. The fourth-order valence-electron chi connectivity index (χ4n) is 1.67. The van der Waals surface area contributed by atoms with Crippen molar-refractivity contribution >= 4 is 5.97 Å². The third-order valence-electron chi connectivity index (χ3n) is 3.19. The summed E-state index contributed by atoms with van der Waals surface area (Å²) in [5, 5.41) is 0. The Balaban J connectivity index is 4.00.